The standard InChI is InChI=1S/C20H21ClN2O5S/c1-3-27-20(25)12-28-17-9-4-14(10-18(17)26-2)11-22-23-19(24)13-29-16-7-5-15(21)6-8-16/h4-11H,3,12-13H2,1-2H3,(H,23,24)/b22-11-. The molecule has 2 aromatic rings. The topological polar surface area (TPSA) is 86.2 Å². The maximum atomic E-state index is 11.9. The summed E-state index contributed by atoms with van der Waals surface area (Å²) in [5.74, 6) is 0.369. The molecule has 29 heavy (non-hydrogen) atoms. The Hall–Kier alpha value is -2.71. The second-order valence-electron chi connectivity index (χ2n) is 5.54. The van der Waals surface area contributed by atoms with E-state index in [0.717, 1.165) is 4.90 Å². The van der Waals surface area contributed by atoms with Gasteiger partial charge in [-0.15, -0.1) is 11.8 Å². The summed E-state index contributed by atoms with van der Waals surface area (Å²) in [5.41, 5.74) is 3.16. The van der Waals surface area contributed by atoms with E-state index < -0.39 is 5.97 Å². The normalized spacial score (nSPS) is 10.6. The van der Waals surface area contributed by atoms with E-state index in [1.807, 2.05) is 12.1 Å². The van der Waals surface area contributed by atoms with Crippen molar-refractivity contribution in [3.63, 3.8) is 0 Å². The molecule has 0 atom stereocenters. The van der Waals surface area contributed by atoms with E-state index >= 15 is 0 Å². The highest BCUT2D eigenvalue weighted by atomic mass is 35.5. The molecule has 2 rings (SSSR count). The number of nitrogens with one attached hydrogen (secondary N) is 1. The minimum Gasteiger partial charge on any atom is -0.493 e. The molecule has 0 radical (unpaired) electrons. The van der Waals surface area contributed by atoms with Crippen LogP contribution in [0.25, 0.3) is 0 Å². The molecule has 0 aliphatic carbocycles. The average Bonchev–Trinajstić information content (AvgIpc) is 2.72. The fourth-order valence-electron chi connectivity index (χ4n) is 2.11. The molecule has 0 saturated carbocycles. The van der Waals surface area contributed by atoms with Crippen molar-refractivity contribution in [2.75, 3.05) is 26.1 Å². The molecule has 0 aliphatic heterocycles. The number of methoxy groups -OCH3 is 1. The number of nitrogens with zero attached hydrogens (tertiary/aromatic N) is 1. The van der Waals surface area contributed by atoms with Gasteiger partial charge in [0.05, 0.1) is 25.7 Å². The van der Waals surface area contributed by atoms with Crippen LogP contribution >= 0.6 is 23.4 Å². The van der Waals surface area contributed by atoms with E-state index in [4.69, 9.17) is 25.8 Å². The van der Waals surface area contributed by atoms with E-state index in [9.17, 15) is 9.59 Å². The lowest BCUT2D eigenvalue weighted by atomic mass is 10.2. The highest BCUT2D eigenvalue weighted by Crippen LogP contribution is 2.27. The lowest BCUT2D eigenvalue weighted by Crippen LogP contribution is -2.19. The van der Waals surface area contributed by atoms with Crippen molar-refractivity contribution in [2.45, 2.75) is 11.8 Å². The minimum absolute atomic E-state index is 0.209. The number of thioether (sulfide) groups is 1. The molecule has 7 nitrogen and oxygen atoms in total. The van der Waals surface area contributed by atoms with Crippen molar-refractivity contribution in [1.29, 1.82) is 0 Å². The summed E-state index contributed by atoms with van der Waals surface area (Å²) in [7, 11) is 1.49. The number of benzene rings is 2. The summed E-state index contributed by atoms with van der Waals surface area (Å²) in [6.45, 7) is 1.80. The van der Waals surface area contributed by atoms with Crippen molar-refractivity contribution in [1.82, 2.24) is 5.43 Å². The summed E-state index contributed by atoms with van der Waals surface area (Å²) in [5, 5.41) is 4.59. The van der Waals surface area contributed by atoms with E-state index in [1.54, 1.807) is 37.3 Å². The molecule has 0 bridgehead atoms. The molecular formula is C20H21ClN2O5S. The molecule has 0 aliphatic rings. The summed E-state index contributed by atoms with van der Waals surface area (Å²) in [6, 6.07) is 12.3. The van der Waals surface area contributed by atoms with Gasteiger partial charge in [0.15, 0.2) is 18.1 Å². The number of amides is 1. The zero-order valence-electron chi connectivity index (χ0n) is 16.0. The molecule has 1 N–H and O–H groups in total. The molecule has 0 aromatic heterocycles. The quantitative estimate of drug-likeness (QED) is 0.265. The fourth-order valence-corrected chi connectivity index (χ4v) is 2.93. The van der Waals surface area contributed by atoms with E-state index in [-0.39, 0.29) is 18.3 Å². The number of carbonyl (C=O) groups is 2. The van der Waals surface area contributed by atoms with Gasteiger partial charge in [0.1, 0.15) is 0 Å². The Labute approximate surface area is 178 Å². The van der Waals surface area contributed by atoms with Gasteiger partial charge < -0.3 is 14.2 Å². The molecule has 0 heterocycles. The van der Waals surface area contributed by atoms with Crippen LogP contribution in [-0.2, 0) is 14.3 Å². The first kappa shape index (κ1) is 22.6. The maximum Gasteiger partial charge on any atom is 0.344 e. The second kappa shape index (κ2) is 12.0. The lowest BCUT2D eigenvalue weighted by molar-refractivity contribution is -0.145. The maximum absolute atomic E-state index is 11.9. The first-order chi connectivity index (χ1) is 14.0. The van der Waals surface area contributed by atoms with Gasteiger partial charge in [0, 0.05) is 9.92 Å². The van der Waals surface area contributed by atoms with Crippen LogP contribution in [0.15, 0.2) is 52.5 Å². The highest BCUT2D eigenvalue weighted by molar-refractivity contribution is 8.00. The van der Waals surface area contributed by atoms with Crippen LogP contribution in [0.2, 0.25) is 5.02 Å². The van der Waals surface area contributed by atoms with Gasteiger partial charge in [0.2, 0.25) is 5.91 Å². The summed E-state index contributed by atoms with van der Waals surface area (Å²) < 4.78 is 15.5. The molecular weight excluding hydrogens is 416 g/mol. The molecule has 9 heteroatoms. The van der Waals surface area contributed by atoms with Crippen LogP contribution in [0.4, 0.5) is 0 Å². The highest BCUT2D eigenvalue weighted by Gasteiger charge is 2.09. The van der Waals surface area contributed by atoms with Gasteiger partial charge in [-0.1, -0.05) is 11.6 Å². The SMILES string of the molecule is CCOC(=O)COc1ccc(/C=N\NC(=O)CSc2ccc(Cl)cc2)cc1OC. The molecule has 0 spiro atoms. The van der Waals surface area contributed by atoms with Gasteiger partial charge >= 0.3 is 5.97 Å². The van der Waals surface area contributed by atoms with Crippen molar-refractivity contribution in [3.05, 3.63) is 53.1 Å². The minimum atomic E-state index is -0.459. The van der Waals surface area contributed by atoms with Gasteiger partial charge in [-0.25, -0.2) is 10.2 Å². The Morgan fingerprint density at radius 1 is 1.17 bits per heavy atom. The third-order valence-corrected chi connectivity index (χ3v) is 4.69. The number of rotatable bonds is 10. The van der Waals surface area contributed by atoms with Crippen molar-refractivity contribution in [3.8, 4) is 11.5 Å². The van der Waals surface area contributed by atoms with Crippen molar-refractivity contribution < 1.29 is 23.8 Å². The third kappa shape index (κ3) is 8.05. The van der Waals surface area contributed by atoms with Crippen LogP contribution in [-0.4, -0.2) is 44.2 Å². The first-order valence-electron chi connectivity index (χ1n) is 8.68. The molecule has 0 fully saturated rings. The number of hydrazone groups is 1. The Morgan fingerprint density at radius 3 is 2.62 bits per heavy atom. The van der Waals surface area contributed by atoms with Crippen LogP contribution in [0.1, 0.15) is 12.5 Å². The number of carbonyl (C=O) groups excluding carboxylic acids is 2. The predicted octanol–water partition coefficient (Wildman–Crippen LogP) is 3.53. The average molecular weight is 437 g/mol. The molecule has 0 unspecified atom stereocenters. The van der Waals surface area contributed by atoms with Gasteiger partial charge in [0.25, 0.3) is 0 Å². The van der Waals surface area contributed by atoms with Crippen LogP contribution < -0.4 is 14.9 Å². The summed E-state index contributed by atoms with van der Waals surface area (Å²) in [6.07, 6.45) is 1.49. The third-order valence-electron chi connectivity index (χ3n) is 3.42. The number of halogens is 1. The number of esters is 1. The number of hydrogen-bond donors (Lipinski definition) is 1. The molecule has 2 aromatic carbocycles. The van der Waals surface area contributed by atoms with E-state index in [0.29, 0.717) is 28.7 Å². The van der Waals surface area contributed by atoms with E-state index in [1.165, 1.54) is 25.1 Å². The van der Waals surface area contributed by atoms with Gasteiger partial charge in [-0.2, -0.15) is 5.10 Å². The smallest absolute Gasteiger partial charge is 0.344 e. The Bertz CT molecular complexity index is 858. The van der Waals surface area contributed by atoms with Crippen LogP contribution in [0.3, 0.4) is 0 Å². The lowest BCUT2D eigenvalue weighted by Gasteiger charge is -2.10. The number of ether oxygens (including phenoxy) is 3. The Kier molecular flexibility index (Phi) is 9.33. The Morgan fingerprint density at radius 2 is 1.93 bits per heavy atom. The first-order valence-corrected chi connectivity index (χ1v) is 10.0. The molecule has 0 saturated heterocycles. The van der Waals surface area contributed by atoms with Crippen LogP contribution in [0, 0.1) is 0 Å². The van der Waals surface area contributed by atoms with E-state index in [2.05, 4.69) is 10.5 Å². The van der Waals surface area contributed by atoms with Crippen molar-refractivity contribution in [2.24, 2.45) is 5.10 Å². The largest absolute Gasteiger partial charge is 0.493 e. The predicted molar refractivity (Wildman–Crippen MR) is 113 cm³/mol. The van der Waals surface area contributed by atoms with Crippen LogP contribution in [0.5, 0.6) is 11.5 Å². The summed E-state index contributed by atoms with van der Waals surface area (Å²) in [4.78, 5) is 24.2. The summed E-state index contributed by atoms with van der Waals surface area (Å²) >= 11 is 7.22. The monoisotopic (exact) mass is 436 g/mol. The number of hydrogen-bond acceptors (Lipinski definition) is 7. The zero-order chi connectivity index (χ0) is 21.1. The fraction of sp³-hybridized carbons (Fsp3) is 0.250. The van der Waals surface area contributed by atoms with Gasteiger partial charge in [-0.05, 0) is 55.0 Å². The molecule has 1 amide bonds. The second-order valence-corrected chi connectivity index (χ2v) is 7.02. The molecule has 154 valence electrons. The zero-order valence-corrected chi connectivity index (χ0v) is 17.6. The van der Waals surface area contributed by atoms with Crippen molar-refractivity contribution >= 4 is 41.5 Å². The van der Waals surface area contributed by atoms with Gasteiger partial charge in [-0.3, -0.25) is 4.79 Å². The Balaban J connectivity index is 1.85.